The molecule has 4 nitrogen and oxygen atoms in total. The Kier molecular flexibility index (Phi) is 5.06. The van der Waals surface area contributed by atoms with E-state index in [2.05, 4.69) is 0 Å². The van der Waals surface area contributed by atoms with Crippen LogP contribution in [0.15, 0.2) is 42.5 Å². The highest BCUT2D eigenvalue weighted by Crippen LogP contribution is 2.26. The van der Waals surface area contributed by atoms with Gasteiger partial charge in [-0.25, -0.2) is 0 Å². The largest absolute Gasteiger partial charge is 0.497 e. The summed E-state index contributed by atoms with van der Waals surface area (Å²) in [7, 11) is 3.28. The third kappa shape index (κ3) is 3.89. The molecule has 0 spiro atoms. The molecular weight excluding hydrogens is 266 g/mol. The lowest BCUT2D eigenvalue weighted by Gasteiger charge is -2.17. The summed E-state index contributed by atoms with van der Waals surface area (Å²) in [6, 6.07) is 13.1. The maximum Gasteiger partial charge on any atom is 0.123 e. The topological polar surface area (TPSA) is 53.7 Å². The zero-order valence-electron chi connectivity index (χ0n) is 12.6. The van der Waals surface area contributed by atoms with Gasteiger partial charge in [-0.2, -0.15) is 0 Å². The summed E-state index contributed by atoms with van der Waals surface area (Å²) >= 11 is 0. The molecule has 112 valence electrons. The highest BCUT2D eigenvalue weighted by Gasteiger charge is 2.13. The lowest BCUT2D eigenvalue weighted by Crippen LogP contribution is -2.19. The van der Waals surface area contributed by atoms with E-state index in [9.17, 15) is 0 Å². The summed E-state index contributed by atoms with van der Waals surface area (Å²) in [6.07, 6.45) is 0. The first-order chi connectivity index (χ1) is 10.1. The van der Waals surface area contributed by atoms with Gasteiger partial charge in [0.05, 0.1) is 20.3 Å². The van der Waals surface area contributed by atoms with Crippen LogP contribution in [0, 0.1) is 6.92 Å². The van der Waals surface area contributed by atoms with Crippen LogP contribution in [0.2, 0.25) is 0 Å². The van der Waals surface area contributed by atoms with Crippen molar-refractivity contribution in [2.45, 2.75) is 13.0 Å². The molecule has 2 aromatic rings. The Morgan fingerprint density at radius 1 is 0.952 bits per heavy atom. The van der Waals surface area contributed by atoms with Crippen LogP contribution in [0.25, 0.3) is 0 Å². The fraction of sp³-hybridized carbons (Fsp3) is 0.294. The Morgan fingerprint density at radius 2 is 1.62 bits per heavy atom. The predicted octanol–water partition coefficient (Wildman–Crippen LogP) is 3.09. The molecule has 1 unspecified atom stereocenters. The Labute approximate surface area is 125 Å². The first kappa shape index (κ1) is 15.2. The van der Waals surface area contributed by atoms with E-state index in [1.54, 1.807) is 14.2 Å². The molecule has 0 amide bonds. The highest BCUT2D eigenvalue weighted by atomic mass is 16.5. The van der Waals surface area contributed by atoms with E-state index in [0.29, 0.717) is 6.61 Å². The summed E-state index contributed by atoms with van der Waals surface area (Å²) in [4.78, 5) is 0. The van der Waals surface area contributed by atoms with E-state index < -0.39 is 0 Å². The van der Waals surface area contributed by atoms with Crippen molar-refractivity contribution >= 4 is 0 Å². The second-order valence-corrected chi connectivity index (χ2v) is 4.84. The van der Waals surface area contributed by atoms with Gasteiger partial charge in [0.2, 0.25) is 0 Å². The van der Waals surface area contributed by atoms with Crippen LogP contribution in [-0.4, -0.2) is 20.8 Å². The molecule has 1 atom stereocenters. The first-order valence-electron chi connectivity index (χ1n) is 6.81. The minimum Gasteiger partial charge on any atom is -0.497 e. The maximum absolute atomic E-state index is 6.21. The van der Waals surface area contributed by atoms with Crippen LogP contribution in [0.1, 0.15) is 17.2 Å². The summed E-state index contributed by atoms with van der Waals surface area (Å²) in [6.45, 7) is 2.41. The zero-order chi connectivity index (χ0) is 15.2. The molecule has 0 aromatic heterocycles. The van der Waals surface area contributed by atoms with Crippen LogP contribution >= 0.6 is 0 Å². The Bertz CT molecular complexity index is 581. The van der Waals surface area contributed by atoms with Gasteiger partial charge in [0, 0.05) is 5.56 Å². The van der Waals surface area contributed by atoms with E-state index in [4.69, 9.17) is 19.9 Å². The van der Waals surface area contributed by atoms with Crippen molar-refractivity contribution < 1.29 is 14.2 Å². The SMILES string of the molecule is COc1ccc(OCC(N)c2cc(C)ccc2OC)cc1. The Morgan fingerprint density at radius 3 is 2.24 bits per heavy atom. The predicted molar refractivity (Wildman–Crippen MR) is 83.1 cm³/mol. The summed E-state index contributed by atoms with van der Waals surface area (Å²) in [5.74, 6) is 2.34. The number of hydrogen-bond acceptors (Lipinski definition) is 4. The summed E-state index contributed by atoms with van der Waals surface area (Å²) in [5, 5.41) is 0. The fourth-order valence-electron chi connectivity index (χ4n) is 2.09. The van der Waals surface area contributed by atoms with Gasteiger partial charge in [-0.1, -0.05) is 17.7 Å². The molecule has 2 rings (SSSR count). The third-order valence-electron chi connectivity index (χ3n) is 3.27. The number of methoxy groups -OCH3 is 2. The molecular formula is C17H21NO3. The van der Waals surface area contributed by atoms with E-state index in [0.717, 1.165) is 28.4 Å². The van der Waals surface area contributed by atoms with Gasteiger partial charge < -0.3 is 19.9 Å². The van der Waals surface area contributed by atoms with E-state index in [1.807, 2.05) is 49.4 Å². The van der Waals surface area contributed by atoms with Gasteiger partial charge in [0.1, 0.15) is 23.9 Å². The van der Waals surface area contributed by atoms with E-state index in [-0.39, 0.29) is 6.04 Å². The van der Waals surface area contributed by atoms with Crippen LogP contribution < -0.4 is 19.9 Å². The third-order valence-corrected chi connectivity index (χ3v) is 3.27. The lowest BCUT2D eigenvalue weighted by atomic mass is 10.0. The maximum atomic E-state index is 6.21. The molecule has 2 aromatic carbocycles. The van der Waals surface area contributed by atoms with Crippen LogP contribution in [0.4, 0.5) is 0 Å². The normalized spacial score (nSPS) is 11.8. The van der Waals surface area contributed by atoms with Crippen molar-refractivity contribution in [3.05, 3.63) is 53.6 Å². The van der Waals surface area contributed by atoms with Crippen molar-refractivity contribution in [3.8, 4) is 17.2 Å². The molecule has 0 aliphatic heterocycles. The summed E-state index contributed by atoms with van der Waals surface area (Å²) < 4.78 is 16.2. The monoisotopic (exact) mass is 287 g/mol. The molecule has 0 aliphatic rings. The zero-order valence-corrected chi connectivity index (χ0v) is 12.6. The fourth-order valence-corrected chi connectivity index (χ4v) is 2.09. The number of ether oxygens (including phenoxy) is 3. The highest BCUT2D eigenvalue weighted by molar-refractivity contribution is 5.39. The number of hydrogen-bond donors (Lipinski definition) is 1. The van der Waals surface area contributed by atoms with Gasteiger partial charge in [-0.3, -0.25) is 0 Å². The van der Waals surface area contributed by atoms with Gasteiger partial charge in [-0.05, 0) is 37.3 Å². The number of benzene rings is 2. The van der Waals surface area contributed by atoms with Crippen molar-refractivity contribution in [2.75, 3.05) is 20.8 Å². The van der Waals surface area contributed by atoms with Crippen LogP contribution in [0.3, 0.4) is 0 Å². The molecule has 0 aliphatic carbocycles. The van der Waals surface area contributed by atoms with Gasteiger partial charge in [0.25, 0.3) is 0 Å². The van der Waals surface area contributed by atoms with Gasteiger partial charge in [-0.15, -0.1) is 0 Å². The standard InChI is InChI=1S/C17H21NO3/c1-12-4-9-17(20-3)15(10-12)16(18)11-21-14-7-5-13(19-2)6-8-14/h4-10,16H,11,18H2,1-3H3. The van der Waals surface area contributed by atoms with Gasteiger partial charge >= 0.3 is 0 Å². The number of nitrogens with two attached hydrogens (primary N) is 1. The first-order valence-corrected chi connectivity index (χ1v) is 6.81. The minimum absolute atomic E-state index is 0.248. The molecule has 0 saturated heterocycles. The molecule has 0 bridgehead atoms. The molecule has 21 heavy (non-hydrogen) atoms. The average molecular weight is 287 g/mol. The smallest absolute Gasteiger partial charge is 0.123 e. The van der Waals surface area contributed by atoms with Crippen LogP contribution in [-0.2, 0) is 0 Å². The minimum atomic E-state index is -0.248. The van der Waals surface area contributed by atoms with Crippen molar-refractivity contribution in [1.29, 1.82) is 0 Å². The Balaban J connectivity index is 2.03. The van der Waals surface area contributed by atoms with Crippen LogP contribution in [0.5, 0.6) is 17.2 Å². The van der Waals surface area contributed by atoms with Crippen molar-refractivity contribution in [2.24, 2.45) is 5.73 Å². The van der Waals surface area contributed by atoms with E-state index in [1.165, 1.54) is 0 Å². The number of rotatable bonds is 6. The quantitative estimate of drug-likeness (QED) is 0.887. The molecule has 0 radical (unpaired) electrons. The second-order valence-electron chi connectivity index (χ2n) is 4.84. The van der Waals surface area contributed by atoms with Crippen molar-refractivity contribution in [1.82, 2.24) is 0 Å². The number of aryl methyl sites for hydroxylation is 1. The molecule has 0 heterocycles. The molecule has 2 N–H and O–H groups in total. The molecule has 0 saturated carbocycles. The van der Waals surface area contributed by atoms with E-state index >= 15 is 0 Å². The lowest BCUT2D eigenvalue weighted by molar-refractivity contribution is 0.286. The second kappa shape index (κ2) is 6.99. The summed E-state index contributed by atoms with van der Waals surface area (Å²) in [5.41, 5.74) is 8.31. The molecule has 4 heteroatoms. The van der Waals surface area contributed by atoms with Gasteiger partial charge in [0.15, 0.2) is 0 Å². The average Bonchev–Trinajstić information content (AvgIpc) is 2.53. The molecule has 0 fully saturated rings. The Hall–Kier alpha value is -2.20. The van der Waals surface area contributed by atoms with Crippen molar-refractivity contribution in [3.63, 3.8) is 0 Å².